The highest BCUT2D eigenvalue weighted by molar-refractivity contribution is 8.00. The van der Waals surface area contributed by atoms with Gasteiger partial charge in [0.05, 0.1) is 18.3 Å². The van der Waals surface area contributed by atoms with Crippen LogP contribution in [0.4, 0.5) is 5.69 Å². The Kier molecular flexibility index (Phi) is 3.46. The lowest BCUT2D eigenvalue weighted by Crippen LogP contribution is -2.39. The van der Waals surface area contributed by atoms with Crippen molar-refractivity contribution in [1.82, 2.24) is 0 Å². The number of hydrogen-bond acceptors (Lipinski definition) is 4. The smallest absolute Gasteiger partial charge is 0.130 e. The third-order valence-electron chi connectivity index (χ3n) is 3.28. The van der Waals surface area contributed by atoms with Crippen LogP contribution >= 0.6 is 11.8 Å². The molecule has 2 aromatic carbocycles. The average Bonchev–Trinajstić information content (AvgIpc) is 2.76. The van der Waals surface area contributed by atoms with Gasteiger partial charge in [-0.1, -0.05) is 54.2 Å². The van der Waals surface area contributed by atoms with Crippen molar-refractivity contribution in [2.24, 2.45) is 5.73 Å². The molecule has 0 fully saturated rings. The Morgan fingerprint density at radius 1 is 1.11 bits per heavy atom. The Morgan fingerprint density at radius 2 is 1.79 bits per heavy atom. The number of nitrogens with two attached hydrogens (primary N) is 1. The molecule has 0 aromatic heterocycles. The minimum Gasteiger partial charge on any atom is -0.387 e. The topological polar surface area (TPSA) is 49.5 Å². The van der Waals surface area contributed by atoms with Crippen molar-refractivity contribution in [3.8, 4) is 0 Å². The quantitative estimate of drug-likeness (QED) is 0.901. The van der Waals surface area contributed by atoms with Crippen molar-refractivity contribution < 1.29 is 5.11 Å². The summed E-state index contributed by atoms with van der Waals surface area (Å²) in [6.07, 6.45) is -0.529. The predicted octanol–water partition coefficient (Wildman–Crippen LogP) is 2.57. The molecule has 1 aliphatic rings. The van der Waals surface area contributed by atoms with E-state index in [0.717, 1.165) is 11.3 Å². The fraction of sp³-hybridized carbons (Fsp3) is 0.200. The predicted molar refractivity (Wildman–Crippen MR) is 79.0 cm³/mol. The molecule has 3 rings (SSSR count). The minimum atomic E-state index is -0.529. The SMILES string of the molecule is NC1Sc2ccccc2N1CC(O)c1ccccc1. The van der Waals surface area contributed by atoms with Crippen molar-refractivity contribution in [3.05, 3.63) is 60.2 Å². The van der Waals surface area contributed by atoms with Crippen LogP contribution in [0.25, 0.3) is 0 Å². The summed E-state index contributed by atoms with van der Waals surface area (Å²) in [4.78, 5) is 3.23. The monoisotopic (exact) mass is 272 g/mol. The van der Waals surface area contributed by atoms with Crippen molar-refractivity contribution in [2.45, 2.75) is 16.5 Å². The molecule has 3 N–H and O–H groups in total. The lowest BCUT2D eigenvalue weighted by atomic mass is 10.1. The number of aliphatic hydroxyl groups excluding tert-OH is 1. The molecule has 19 heavy (non-hydrogen) atoms. The van der Waals surface area contributed by atoms with Crippen LogP contribution in [0.3, 0.4) is 0 Å². The van der Waals surface area contributed by atoms with E-state index >= 15 is 0 Å². The van der Waals surface area contributed by atoms with E-state index in [0.29, 0.717) is 6.54 Å². The molecule has 0 amide bonds. The van der Waals surface area contributed by atoms with Crippen molar-refractivity contribution in [3.63, 3.8) is 0 Å². The summed E-state index contributed by atoms with van der Waals surface area (Å²) in [7, 11) is 0. The van der Waals surface area contributed by atoms with E-state index < -0.39 is 6.10 Å². The van der Waals surface area contributed by atoms with E-state index in [-0.39, 0.29) is 5.50 Å². The molecule has 0 aliphatic carbocycles. The Morgan fingerprint density at radius 3 is 2.58 bits per heavy atom. The molecule has 1 aliphatic heterocycles. The van der Waals surface area contributed by atoms with Crippen LogP contribution in [0.2, 0.25) is 0 Å². The van der Waals surface area contributed by atoms with Gasteiger partial charge in [0.2, 0.25) is 0 Å². The molecule has 1 heterocycles. The van der Waals surface area contributed by atoms with E-state index in [1.54, 1.807) is 11.8 Å². The lowest BCUT2D eigenvalue weighted by molar-refractivity contribution is 0.183. The second kappa shape index (κ2) is 5.25. The number of rotatable bonds is 3. The van der Waals surface area contributed by atoms with Crippen LogP contribution < -0.4 is 10.6 Å². The number of thioether (sulfide) groups is 1. The molecule has 3 nitrogen and oxygen atoms in total. The number of aliphatic hydroxyl groups is 1. The van der Waals surface area contributed by atoms with Gasteiger partial charge in [-0.2, -0.15) is 0 Å². The van der Waals surface area contributed by atoms with Gasteiger partial charge in [0.1, 0.15) is 5.50 Å². The van der Waals surface area contributed by atoms with Gasteiger partial charge in [-0.25, -0.2) is 0 Å². The van der Waals surface area contributed by atoms with Crippen molar-refractivity contribution in [1.29, 1.82) is 0 Å². The number of benzene rings is 2. The van der Waals surface area contributed by atoms with Gasteiger partial charge in [-0.15, -0.1) is 0 Å². The van der Waals surface area contributed by atoms with Gasteiger partial charge in [0.15, 0.2) is 0 Å². The first kappa shape index (κ1) is 12.5. The number of fused-ring (bicyclic) bond motifs is 1. The summed E-state index contributed by atoms with van der Waals surface area (Å²) in [5.41, 5.74) is 8.03. The molecule has 2 unspecified atom stereocenters. The number of para-hydroxylation sites is 1. The molecule has 0 spiro atoms. The van der Waals surface area contributed by atoms with Crippen LogP contribution in [0, 0.1) is 0 Å². The van der Waals surface area contributed by atoms with Crippen molar-refractivity contribution in [2.75, 3.05) is 11.4 Å². The molecule has 2 atom stereocenters. The zero-order valence-electron chi connectivity index (χ0n) is 10.4. The number of hydrogen-bond donors (Lipinski definition) is 2. The average molecular weight is 272 g/mol. The summed E-state index contributed by atoms with van der Waals surface area (Å²) >= 11 is 1.63. The number of anilines is 1. The molecular weight excluding hydrogens is 256 g/mol. The van der Waals surface area contributed by atoms with Gasteiger partial charge in [-0.3, -0.25) is 0 Å². The Bertz CT molecular complexity index is 561. The van der Waals surface area contributed by atoms with Gasteiger partial charge >= 0.3 is 0 Å². The van der Waals surface area contributed by atoms with Crippen LogP contribution in [0.1, 0.15) is 11.7 Å². The van der Waals surface area contributed by atoms with E-state index in [1.807, 2.05) is 48.5 Å². The molecular formula is C15H16N2OS. The summed E-state index contributed by atoms with van der Waals surface area (Å²) in [5.74, 6) is 0. The standard InChI is InChI=1S/C15H16N2OS/c16-15-17(12-8-4-5-9-14(12)19-15)10-13(18)11-6-2-1-3-7-11/h1-9,13,15,18H,10,16H2. The zero-order valence-corrected chi connectivity index (χ0v) is 11.3. The first-order chi connectivity index (χ1) is 9.25. The first-order valence-electron chi connectivity index (χ1n) is 6.26. The van der Waals surface area contributed by atoms with E-state index in [9.17, 15) is 5.11 Å². The summed E-state index contributed by atoms with van der Waals surface area (Å²) in [5, 5.41) is 10.3. The highest BCUT2D eigenvalue weighted by atomic mass is 32.2. The third kappa shape index (κ3) is 2.47. The van der Waals surface area contributed by atoms with Crippen LogP contribution in [0.15, 0.2) is 59.5 Å². The second-order valence-electron chi connectivity index (χ2n) is 4.55. The van der Waals surface area contributed by atoms with Crippen LogP contribution in [-0.2, 0) is 0 Å². The molecule has 0 radical (unpaired) electrons. The molecule has 0 saturated carbocycles. The van der Waals surface area contributed by atoms with Gasteiger partial charge in [0.25, 0.3) is 0 Å². The van der Waals surface area contributed by atoms with E-state index in [4.69, 9.17) is 5.73 Å². The lowest BCUT2D eigenvalue weighted by Gasteiger charge is -2.26. The fourth-order valence-electron chi connectivity index (χ4n) is 2.29. The Balaban J connectivity index is 1.80. The fourth-order valence-corrected chi connectivity index (χ4v) is 3.34. The minimum absolute atomic E-state index is 0.129. The highest BCUT2D eigenvalue weighted by Crippen LogP contribution is 2.41. The Labute approximate surface area is 117 Å². The van der Waals surface area contributed by atoms with Crippen LogP contribution in [0.5, 0.6) is 0 Å². The molecule has 0 bridgehead atoms. The Hall–Kier alpha value is -1.49. The first-order valence-corrected chi connectivity index (χ1v) is 7.14. The van der Waals surface area contributed by atoms with Gasteiger partial charge in [0, 0.05) is 4.90 Å². The zero-order chi connectivity index (χ0) is 13.2. The van der Waals surface area contributed by atoms with Gasteiger partial charge < -0.3 is 15.7 Å². The maximum atomic E-state index is 10.3. The summed E-state index contributed by atoms with van der Waals surface area (Å²) in [6, 6.07) is 17.8. The van der Waals surface area contributed by atoms with Gasteiger partial charge in [-0.05, 0) is 17.7 Å². The number of nitrogens with zero attached hydrogens (tertiary/aromatic N) is 1. The largest absolute Gasteiger partial charge is 0.387 e. The normalized spacial score (nSPS) is 19.3. The summed E-state index contributed by atoms with van der Waals surface area (Å²) < 4.78 is 0. The maximum absolute atomic E-state index is 10.3. The molecule has 2 aromatic rings. The van der Waals surface area contributed by atoms with E-state index in [2.05, 4.69) is 11.0 Å². The molecule has 0 saturated heterocycles. The summed E-state index contributed by atoms with van der Waals surface area (Å²) in [6.45, 7) is 0.509. The highest BCUT2D eigenvalue weighted by Gasteiger charge is 2.28. The molecule has 4 heteroatoms. The second-order valence-corrected chi connectivity index (χ2v) is 5.71. The third-order valence-corrected chi connectivity index (χ3v) is 4.38. The van der Waals surface area contributed by atoms with Crippen molar-refractivity contribution >= 4 is 17.4 Å². The van der Waals surface area contributed by atoms with E-state index in [1.165, 1.54) is 4.90 Å². The van der Waals surface area contributed by atoms with Crippen LogP contribution in [-0.4, -0.2) is 17.1 Å². The number of β-amino-alcohol motifs (C(OH)–C–C–N with tert-alkyl or cyclic N) is 1. The molecule has 98 valence electrons. The maximum Gasteiger partial charge on any atom is 0.130 e.